The summed E-state index contributed by atoms with van der Waals surface area (Å²) in [5, 5.41) is 3.62. The molecule has 2 heteroatoms. The zero-order valence-corrected chi connectivity index (χ0v) is 12.9. The molecule has 0 bridgehead atoms. The molecule has 0 spiro atoms. The number of thiophene rings is 1. The van der Waals surface area contributed by atoms with Crippen LogP contribution in [0.3, 0.4) is 0 Å². The normalized spacial score (nSPS) is 24.0. The van der Waals surface area contributed by atoms with Crippen molar-refractivity contribution in [3.63, 3.8) is 0 Å². The van der Waals surface area contributed by atoms with Gasteiger partial charge in [0, 0.05) is 15.8 Å². The van der Waals surface area contributed by atoms with Gasteiger partial charge < -0.3 is 5.32 Å². The highest BCUT2D eigenvalue weighted by Gasteiger charge is 2.27. The molecule has 1 aromatic heterocycles. The summed E-state index contributed by atoms with van der Waals surface area (Å²) in [6, 6.07) is 5.30. The van der Waals surface area contributed by atoms with Gasteiger partial charge in [0.25, 0.3) is 0 Å². The minimum absolute atomic E-state index is 0.625. The molecule has 0 saturated heterocycles. The quantitative estimate of drug-likeness (QED) is 0.810. The first kappa shape index (κ1) is 14.1. The van der Waals surface area contributed by atoms with Crippen LogP contribution in [0.2, 0.25) is 0 Å². The van der Waals surface area contributed by atoms with Crippen LogP contribution in [0.4, 0.5) is 0 Å². The monoisotopic (exact) mass is 265 g/mol. The fourth-order valence-electron chi connectivity index (χ4n) is 3.02. The summed E-state index contributed by atoms with van der Waals surface area (Å²) in [5.74, 6) is 1.82. The van der Waals surface area contributed by atoms with Crippen LogP contribution >= 0.6 is 11.3 Å². The molecular weight excluding hydrogens is 238 g/mol. The smallest absolute Gasteiger partial charge is 0.00510 e. The molecule has 1 N–H and O–H groups in total. The Bertz CT molecular complexity index is 356. The van der Waals surface area contributed by atoms with Crippen molar-refractivity contribution >= 4 is 11.3 Å². The van der Waals surface area contributed by atoms with Crippen LogP contribution < -0.4 is 5.32 Å². The molecule has 2 atom stereocenters. The van der Waals surface area contributed by atoms with E-state index < -0.39 is 0 Å². The van der Waals surface area contributed by atoms with E-state index in [0.29, 0.717) is 6.04 Å². The lowest BCUT2D eigenvalue weighted by molar-refractivity contribution is 0.355. The van der Waals surface area contributed by atoms with Gasteiger partial charge in [-0.05, 0) is 56.2 Å². The fraction of sp³-hybridized carbons (Fsp3) is 0.750. The first-order valence-electron chi connectivity index (χ1n) is 7.50. The first-order chi connectivity index (χ1) is 8.69. The molecule has 102 valence electrons. The number of hydrogen-bond acceptors (Lipinski definition) is 2. The van der Waals surface area contributed by atoms with Crippen LogP contribution in [-0.2, 0) is 12.8 Å². The molecule has 1 fully saturated rings. The summed E-state index contributed by atoms with van der Waals surface area (Å²) in [7, 11) is 0. The average molecular weight is 265 g/mol. The van der Waals surface area contributed by atoms with Gasteiger partial charge in [-0.1, -0.05) is 27.2 Å². The minimum Gasteiger partial charge on any atom is -0.314 e. The summed E-state index contributed by atoms with van der Waals surface area (Å²) in [4.78, 5) is 3.15. The van der Waals surface area contributed by atoms with Crippen LogP contribution in [0.15, 0.2) is 12.1 Å². The van der Waals surface area contributed by atoms with Gasteiger partial charge in [0.1, 0.15) is 0 Å². The summed E-state index contributed by atoms with van der Waals surface area (Å²) in [5.41, 5.74) is 0. The number of rotatable bonds is 6. The van der Waals surface area contributed by atoms with E-state index >= 15 is 0 Å². The largest absolute Gasteiger partial charge is 0.314 e. The zero-order valence-electron chi connectivity index (χ0n) is 12.0. The highest BCUT2D eigenvalue weighted by atomic mass is 32.1. The van der Waals surface area contributed by atoms with Crippen molar-refractivity contribution in [3.05, 3.63) is 21.9 Å². The molecule has 0 aromatic carbocycles. The van der Waals surface area contributed by atoms with Gasteiger partial charge in [0.05, 0.1) is 0 Å². The lowest BCUT2D eigenvalue weighted by Gasteiger charge is -2.21. The highest BCUT2D eigenvalue weighted by Crippen LogP contribution is 2.35. The van der Waals surface area contributed by atoms with Crippen molar-refractivity contribution < 1.29 is 0 Å². The van der Waals surface area contributed by atoms with Crippen molar-refractivity contribution in [1.82, 2.24) is 5.32 Å². The van der Waals surface area contributed by atoms with E-state index in [1.807, 2.05) is 11.3 Å². The van der Waals surface area contributed by atoms with Crippen molar-refractivity contribution in [3.8, 4) is 0 Å². The van der Waals surface area contributed by atoms with Crippen LogP contribution in [0, 0.1) is 11.8 Å². The Labute approximate surface area is 116 Å². The Morgan fingerprint density at radius 3 is 2.61 bits per heavy atom. The molecule has 0 aliphatic heterocycles. The molecular formula is C16H27NS. The molecule has 1 aliphatic rings. The van der Waals surface area contributed by atoms with Crippen molar-refractivity contribution in [2.45, 2.75) is 58.9 Å². The molecule has 2 rings (SSSR count). The SMILES string of the molecule is CCc1ccc(CC2CCCC2CNC(C)C)s1. The Morgan fingerprint density at radius 2 is 1.94 bits per heavy atom. The van der Waals surface area contributed by atoms with Gasteiger partial charge in [0.15, 0.2) is 0 Å². The second-order valence-corrected chi connectivity index (χ2v) is 7.19. The third-order valence-electron chi connectivity index (χ3n) is 4.13. The number of aryl methyl sites for hydroxylation is 1. The van der Waals surface area contributed by atoms with Crippen LogP contribution in [0.1, 0.15) is 49.8 Å². The van der Waals surface area contributed by atoms with E-state index in [0.717, 1.165) is 11.8 Å². The molecule has 2 unspecified atom stereocenters. The Hall–Kier alpha value is -0.340. The summed E-state index contributed by atoms with van der Waals surface area (Å²) < 4.78 is 0. The van der Waals surface area contributed by atoms with E-state index in [2.05, 4.69) is 38.2 Å². The van der Waals surface area contributed by atoms with Gasteiger partial charge in [-0.15, -0.1) is 11.3 Å². The third kappa shape index (κ3) is 3.83. The standard InChI is InChI=1S/C16H27NS/c1-4-15-8-9-16(18-15)10-13-6-5-7-14(13)11-17-12(2)3/h8-9,12-14,17H,4-7,10-11H2,1-3H3. The van der Waals surface area contributed by atoms with Gasteiger partial charge in [0.2, 0.25) is 0 Å². The molecule has 0 amide bonds. The Balaban J connectivity index is 1.87. The number of nitrogens with one attached hydrogen (secondary N) is 1. The number of hydrogen-bond donors (Lipinski definition) is 1. The summed E-state index contributed by atoms with van der Waals surface area (Å²) >= 11 is 2.03. The first-order valence-corrected chi connectivity index (χ1v) is 8.31. The lowest BCUT2D eigenvalue weighted by Crippen LogP contribution is -2.31. The molecule has 1 saturated carbocycles. The predicted molar refractivity (Wildman–Crippen MR) is 81.4 cm³/mol. The highest BCUT2D eigenvalue weighted by molar-refractivity contribution is 7.11. The van der Waals surface area contributed by atoms with E-state index in [-0.39, 0.29) is 0 Å². The Kier molecular flexibility index (Phi) is 5.25. The van der Waals surface area contributed by atoms with E-state index in [1.54, 1.807) is 9.75 Å². The van der Waals surface area contributed by atoms with Gasteiger partial charge in [-0.3, -0.25) is 0 Å². The topological polar surface area (TPSA) is 12.0 Å². The maximum Gasteiger partial charge on any atom is 0.00510 e. The fourth-order valence-corrected chi connectivity index (χ4v) is 4.07. The van der Waals surface area contributed by atoms with E-state index in [1.165, 1.54) is 38.6 Å². The molecule has 1 aliphatic carbocycles. The van der Waals surface area contributed by atoms with Crippen molar-refractivity contribution in [2.75, 3.05) is 6.54 Å². The van der Waals surface area contributed by atoms with E-state index in [4.69, 9.17) is 0 Å². The van der Waals surface area contributed by atoms with Gasteiger partial charge in [-0.25, -0.2) is 0 Å². The van der Waals surface area contributed by atoms with Crippen LogP contribution in [0.5, 0.6) is 0 Å². The van der Waals surface area contributed by atoms with Crippen LogP contribution in [0.25, 0.3) is 0 Å². The molecule has 1 aromatic rings. The average Bonchev–Trinajstić information content (AvgIpc) is 2.96. The van der Waals surface area contributed by atoms with Crippen molar-refractivity contribution in [2.24, 2.45) is 11.8 Å². The van der Waals surface area contributed by atoms with Gasteiger partial charge in [-0.2, -0.15) is 0 Å². The summed E-state index contributed by atoms with van der Waals surface area (Å²) in [6.45, 7) is 7.96. The summed E-state index contributed by atoms with van der Waals surface area (Å²) in [6.07, 6.45) is 6.80. The molecule has 0 radical (unpaired) electrons. The predicted octanol–water partition coefficient (Wildman–Crippen LogP) is 4.27. The second kappa shape index (κ2) is 6.72. The van der Waals surface area contributed by atoms with Crippen LogP contribution in [-0.4, -0.2) is 12.6 Å². The lowest BCUT2D eigenvalue weighted by atomic mass is 9.92. The molecule has 1 nitrogen and oxygen atoms in total. The third-order valence-corrected chi connectivity index (χ3v) is 5.39. The minimum atomic E-state index is 0.625. The Morgan fingerprint density at radius 1 is 1.22 bits per heavy atom. The van der Waals surface area contributed by atoms with Gasteiger partial charge >= 0.3 is 0 Å². The molecule has 18 heavy (non-hydrogen) atoms. The maximum absolute atomic E-state index is 3.62. The second-order valence-electron chi connectivity index (χ2n) is 5.94. The molecule has 1 heterocycles. The van der Waals surface area contributed by atoms with E-state index in [9.17, 15) is 0 Å². The maximum atomic E-state index is 3.62. The zero-order chi connectivity index (χ0) is 13.0. The van der Waals surface area contributed by atoms with Crippen molar-refractivity contribution in [1.29, 1.82) is 0 Å².